The molecule has 1 saturated carbocycles. The average molecular weight is 454 g/mol. The second-order valence-electron chi connectivity index (χ2n) is 8.94. The van der Waals surface area contributed by atoms with Crippen molar-refractivity contribution in [2.75, 3.05) is 20.8 Å². The number of hydrogen-bond acceptors (Lipinski definition) is 4. The van der Waals surface area contributed by atoms with Crippen molar-refractivity contribution in [2.45, 2.75) is 57.9 Å². The first-order valence-electron chi connectivity index (χ1n) is 11.7. The summed E-state index contributed by atoms with van der Waals surface area (Å²) in [7, 11) is 3.16. The van der Waals surface area contributed by atoms with E-state index in [0.717, 1.165) is 25.7 Å². The van der Waals surface area contributed by atoms with Crippen molar-refractivity contribution in [3.8, 4) is 11.5 Å². The van der Waals surface area contributed by atoms with Crippen LogP contribution in [0.25, 0.3) is 0 Å². The van der Waals surface area contributed by atoms with E-state index in [0.29, 0.717) is 42.4 Å². The summed E-state index contributed by atoms with van der Waals surface area (Å²) in [4.78, 5) is 27.1. The molecule has 0 bridgehead atoms. The number of carboxylic acid groups (broad SMARTS) is 1. The van der Waals surface area contributed by atoms with Crippen LogP contribution in [0.15, 0.2) is 42.5 Å². The van der Waals surface area contributed by atoms with Gasteiger partial charge in [0.25, 0.3) is 5.91 Å². The van der Waals surface area contributed by atoms with Gasteiger partial charge >= 0.3 is 5.97 Å². The van der Waals surface area contributed by atoms with Crippen molar-refractivity contribution >= 4 is 11.9 Å². The van der Waals surface area contributed by atoms with Crippen LogP contribution >= 0.6 is 0 Å². The molecule has 0 saturated heterocycles. The molecular weight excluding hydrogens is 418 g/mol. The summed E-state index contributed by atoms with van der Waals surface area (Å²) >= 11 is 0. The summed E-state index contributed by atoms with van der Waals surface area (Å²) in [5, 5.41) is 10.1. The first kappa shape index (κ1) is 24.6. The molecule has 3 rings (SSSR count). The molecule has 1 fully saturated rings. The maximum absolute atomic E-state index is 13.4. The SMILES string of the molecule is CCC1CCC(C(=O)O)(N(C)C(=O)c2ccc(OC)c(OCCc3ccccc3C)c2)CC1. The van der Waals surface area contributed by atoms with E-state index in [4.69, 9.17) is 9.47 Å². The van der Waals surface area contributed by atoms with Crippen LogP contribution in [0, 0.1) is 12.8 Å². The van der Waals surface area contributed by atoms with Crippen molar-refractivity contribution in [1.82, 2.24) is 4.90 Å². The number of carboxylic acids is 1. The van der Waals surface area contributed by atoms with Crippen LogP contribution in [0.2, 0.25) is 0 Å². The van der Waals surface area contributed by atoms with Gasteiger partial charge in [-0.2, -0.15) is 0 Å². The van der Waals surface area contributed by atoms with E-state index in [2.05, 4.69) is 26.0 Å². The lowest BCUT2D eigenvalue weighted by molar-refractivity contribution is -0.152. The van der Waals surface area contributed by atoms with E-state index in [1.807, 2.05) is 12.1 Å². The second-order valence-corrected chi connectivity index (χ2v) is 8.94. The van der Waals surface area contributed by atoms with Crippen LogP contribution in [0.1, 0.15) is 60.5 Å². The summed E-state index contributed by atoms with van der Waals surface area (Å²) < 4.78 is 11.4. The largest absolute Gasteiger partial charge is 0.493 e. The Bertz CT molecular complexity index is 978. The summed E-state index contributed by atoms with van der Waals surface area (Å²) in [5.74, 6) is 0.282. The molecule has 1 aliphatic rings. The lowest BCUT2D eigenvalue weighted by Crippen LogP contribution is -2.57. The number of hydrogen-bond donors (Lipinski definition) is 1. The number of ether oxygens (including phenoxy) is 2. The molecular formula is C27H35NO5. The number of likely N-dealkylation sites (N-methyl/N-ethyl adjacent to an activating group) is 1. The van der Waals surface area contributed by atoms with Gasteiger partial charge in [-0.3, -0.25) is 4.79 Å². The Kier molecular flexibility index (Phi) is 8.01. The zero-order valence-corrected chi connectivity index (χ0v) is 20.1. The minimum absolute atomic E-state index is 0.321. The third-order valence-electron chi connectivity index (χ3n) is 7.16. The molecule has 0 spiro atoms. The molecule has 1 aliphatic carbocycles. The molecule has 0 atom stereocenters. The number of rotatable bonds is 9. The van der Waals surface area contributed by atoms with Crippen LogP contribution in [-0.4, -0.2) is 48.2 Å². The number of nitrogens with zero attached hydrogens (tertiary/aromatic N) is 1. The number of carbonyl (C=O) groups is 2. The molecule has 0 heterocycles. The third kappa shape index (κ3) is 5.32. The van der Waals surface area contributed by atoms with Gasteiger partial charge < -0.3 is 19.5 Å². The number of aliphatic carboxylic acids is 1. The minimum atomic E-state index is -1.17. The van der Waals surface area contributed by atoms with Gasteiger partial charge in [0.2, 0.25) is 0 Å². The van der Waals surface area contributed by atoms with Gasteiger partial charge in [0.15, 0.2) is 11.5 Å². The molecule has 0 aromatic heterocycles. The summed E-state index contributed by atoms with van der Waals surface area (Å²) in [6, 6.07) is 13.2. The van der Waals surface area contributed by atoms with Gasteiger partial charge in [0.1, 0.15) is 5.54 Å². The van der Waals surface area contributed by atoms with E-state index < -0.39 is 11.5 Å². The molecule has 33 heavy (non-hydrogen) atoms. The number of aryl methyl sites for hydroxylation is 1. The molecule has 0 radical (unpaired) electrons. The van der Waals surface area contributed by atoms with Crippen LogP contribution in [0.4, 0.5) is 0 Å². The molecule has 6 heteroatoms. The van der Waals surface area contributed by atoms with E-state index in [9.17, 15) is 14.7 Å². The van der Waals surface area contributed by atoms with Gasteiger partial charge in [-0.05, 0) is 67.9 Å². The lowest BCUT2D eigenvalue weighted by atomic mass is 9.74. The summed E-state index contributed by atoms with van der Waals surface area (Å²) in [6.07, 6.45) is 4.34. The fourth-order valence-corrected chi connectivity index (χ4v) is 4.73. The highest BCUT2D eigenvalue weighted by Crippen LogP contribution is 2.39. The molecule has 2 aromatic carbocycles. The van der Waals surface area contributed by atoms with Crippen LogP contribution < -0.4 is 9.47 Å². The highest BCUT2D eigenvalue weighted by molar-refractivity contribution is 5.98. The van der Waals surface area contributed by atoms with Gasteiger partial charge in [-0.15, -0.1) is 0 Å². The normalized spacial score (nSPS) is 20.2. The lowest BCUT2D eigenvalue weighted by Gasteiger charge is -2.43. The predicted octanol–water partition coefficient (Wildman–Crippen LogP) is 5.12. The predicted molar refractivity (Wildman–Crippen MR) is 128 cm³/mol. The molecule has 178 valence electrons. The molecule has 6 nitrogen and oxygen atoms in total. The van der Waals surface area contributed by atoms with Crippen molar-refractivity contribution in [2.24, 2.45) is 5.92 Å². The maximum Gasteiger partial charge on any atom is 0.329 e. The minimum Gasteiger partial charge on any atom is -0.493 e. The Morgan fingerprint density at radius 3 is 2.42 bits per heavy atom. The highest BCUT2D eigenvalue weighted by atomic mass is 16.5. The molecule has 1 N–H and O–H groups in total. The van der Waals surface area contributed by atoms with E-state index in [1.165, 1.54) is 16.0 Å². The maximum atomic E-state index is 13.4. The Morgan fingerprint density at radius 2 is 1.82 bits per heavy atom. The van der Waals surface area contributed by atoms with E-state index in [1.54, 1.807) is 32.4 Å². The highest BCUT2D eigenvalue weighted by Gasteiger charge is 2.47. The Balaban J connectivity index is 1.77. The Morgan fingerprint density at radius 1 is 1.12 bits per heavy atom. The van der Waals surface area contributed by atoms with E-state index >= 15 is 0 Å². The van der Waals surface area contributed by atoms with Crippen LogP contribution in [0.5, 0.6) is 11.5 Å². The molecule has 0 aliphatic heterocycles. The molecule has 1 amide bonds. The quantitative estimate of drug-likeness (QED) is 0.570. The van der Waals surface area contributed by atoms with Crippen LogP contribution in [-0.2, 0) is 11.2 Å². The first-order valence-corrected chi connectivity index (χ1v) is 11.7. The Hall–Kier alpha value is -3.02. The Labute approximate surface area is 196 Å². The van der Waals surface area contributed by atoms with Gasteiger partial charge in [0, 0.05) is 19.0 Å². The van der Waals surface area contributed by atoms with Crippen molar-refractivity contribution in [3.63, 3.8) is 0 Å². The number of benzene rings is 2. The van der Waals surface area contributed by atoms with Crippen LogP contribution in [0.3, 0.4) is 0 Å². The number of amides is 1. The second kappa shape index (κ2) is 10.7. The van der Waals surface area contributed by atoms with Gasteiger partial charge in [0.05, 0.1) is 13.7 Å². The average Bonchev–Trinajstić information content (AvgIpc) is 2.84. The topological polar surface area (TPSA) is 76.1 Å². The zero-order valence-electron chi connectivity index (χ0n) is 20.1. The first-order chi connectivity index (χ1) is 15.8. The van der Waals surface area contributed by atoms with Crippen molar-refractivity contribution < 1.29 is 24.2 Å². The molecule has 2 aromatic rings. The summed E-state index contributed by atoms with van der Waals surface area (Å²) in [5.41, 5.74) is 1.63. The van der Waals surface area contributed by atoms with Crippen molar-refractivity contribution in [3.05, 3.63) is 59.2 Å². The number of carbonyl (C=O) groups excluding carboxylic acids is 1. The number of methoxy groups -OCH3 is 1. The van der Waals surface area contributed by atoms with Crippen molar-refractivity contribution in [1.29, 1.82) is 0 Å². The van der Waals surface area contributed by atoms with E-state index in [-0.39, 0.29) is 5.91 Å². The fourth-order valence-electron chi connectivity index (χ4n) is 4.73. The monoisotopic (exact) mass is 453 g/mol. The fraction of sp³-hybridized carbons (Fsp3) is 0.481. The van der Waals surface area contributed by atoms with Gasteiger partial charge in [-0.1, -0.05) is 37.6 Å². The molecule has 0 unspecified atom stereocenters. The standard InChI is InChI=1S/C27H35NO5/c1-5-20-12-15-27(16-13-20,26(30)31)28(3)25(29)22-10-11-23(32-4)24(18-22)33-17-14-21-9-7-6-8-19(21)2/h6-11,18,20H,5,12-17H2,1-4H3,(H,30,31). The summed E-state index contributed by atoms with van der Waals surface area (Å²) in [6.45, 7) is 4.63. The smallest absolute Gasteiger partial charge is 0.329 e. The zero-order chi connectivity index (χ0) is 24.0. The van der Waals surface area contributed by atoms with Gasteiger partial charge in [-0.25, -0.2) is 4.79 Å². The third-order valence-corrected chi connectivity index (χ3v) is 7.16.